The zero-order chi connectivity index (χ0) is 14.1. The summed E-state index contributed by atoms with van der Waals surface area (Å²) in [5.41, 5.74) is 4.11. The van der Waals surface area contributed by atoms with Crippen molar-refractivity contribution in [3.05, 3.63) is 68.7 Å². The molecule has 0 fully saturated rings. The molecular formula is C17H17BrClN. The second-order valence-corrected chi connectivity index (χ2v) is 6.72. The van der Waals surface area contributed by atoms with Crippen molar-refractivity contribution in [2.75, 3.05) is 0 Å². The fourth-order valence-electron chi connectivity index (χ4n) is 2.97. The topological polar surface area (TPSA) is 12.0 Å². The molecule has 2 aromatic rings. The molecule has 1 aliphatic rings. The van der Waals surface area contributed by atoms with E-state index in [1.54, 1.807) is 0 Å². The highest BCUT2D eigenvalue weighted by Crippen LogP contribution is 2.28. The number of hydrogen-bond donors (Lipinski definition) is 1. The van der Waals surface area contributed by atoms with E-state index in [4.69, 9.17) is 11.6 Å². The van der Waals surface area contributed by atoms with Crippen molar-refractivity contribution in [2.24, 2.45) is 0 Å². The van der Waals surface area contributed by atoms with Crippen molar-refractivity contribution in [1.29, 1.82) is 0 Å². The Kier molecular flexibility index (Phi) is 4.16. The molecule has 0 heterocycles. The highest BCUT2D eigenvalue weighted by molar-refractivity contribution is 9.10. The smallest absolute Gasteiger partial charge is 0.0408 e. The summed E-state index contributed by atoms with van der Waals surface area (Å²) in [5.74, 6) is 0. The molecule has 0 bridgehead atoms. The van der Waals surface area contributed by atoms with Gasteiger partial charge in [0.25, 0.3) is 0 Å². The Morgan fingerprint density at radius 1 is 1.15 bits per heavy atom. The van der Waals surface area contributed by atoms with Crippen LogP contribution in [0.2, 0.25) is 5.02 Å². The number of hydrogen-bond acceptors (Lipinski definition) is 1. The van der Waals surface area contributed by atoms with E-state index < -0.39 is 0 Å². The van der Waals surface area contributed by atoms with Crippen molar-refractivity contribution in [3.8, 4) is 0 Å². The van der Waals surface area contributed by atoms with E-state index in [1.165, 1.54) is 21.2 Å². The van der Waals surface area contributed by atoms with Gasteiger partial charge in [-0.1, -0.05) is 51.8 Å². The van der Waals surface area contributed by atoms with Crippen molar-refractivity contribution in [2.45, 2.75) is 31.8 Å². The number of nitrogens with one attached hydrogen (secondary N) is 1. The summed E-state index contributed by atoms with van der Waals surface area (Å²) in [5, 5.41) is 4.57. The standard InChI is InChI=1S/C17H17BrClN/c1-11(16-4-2-3-5-17(16)18)20-15-9-12-6-7-14(19)8-13(12)10-15/h2-8,11,15,20H,9-10H2,1H3. The van der Waals surface area contributed by atoms with Crippen LogP contribution in [-0.4, -0.2) is 6.04 Å². The van der Waals surface area contributed by atoms with Gasteiger partial charge in [-0.25, -0.2) is 0 Å². The van der Waals surface area contributed by atoms with E-state index in [0.717, 1.165) is 17.9 Å². The zero-order valence-corrected chi connectivity index (χ0v) is 13.7. The van der Waals surface area contributed by atoms with E-state index in [1.807, 2.05) is 12.1 Å². The predicted molar refractivity (Wildman–Crippen MR) is 88.3 cm³/mol. The maximum atomic E-state index is 6.07. The summed E-state index contributed by atoms with van der Waals surface area (Å²) in [7, 11) is 0. The van der Waals surface area contributed by atoms with Crippen LogP contribution in [0.3, 0.4) is 0 Å². The molecule has 1 aliphatic carbocycles. The normalized spacial score (nSPS) is 18.9. The first kappa shape index (κ1) is 14.1. The first-order chi connectivity index (χ1) is 9.63. The molecule has 0 saturated carbocycles. The fourth-order valence-corrected chi connectivity index (χ4v) is 3.80. The average Bonchev–Trinajstić information content (AvgIpc) is 2.80. The zero-order valence-electron chi connectivity index (χ0n) is 11.4. The van der Waals surface area contributed by atoms with Gasteiger partial charge in [-0.2, -0.15) is 0 Å². The molecule has 104 valence electrons. The molecule has 2 unspecified atom stereocenters. The minimum absolute atomic E-state index is 0.334. The van der Waals surface area contributed by atoms with Crippen LogP contribution in [0.25, 0.3) is 0 Å². The molecule has 3 heteroatoms. The largest absolute Gasteiger partial charge is 0.307 e. The maximum Gasteiger partial charge on any atom is 0.0408 e. The van der Waals surface area contributed by atoms with Gasteiger partial charge in [0.1, 0.15) is 0 Å². The van der Waals surface area contributed by atoms with Crippen molar-refractivity contribution >= 4 is 27.5 Å². The van der Waals surface area contributed by atoms with Crippen LogP contribution in [0.4, 0.5) is 0 Å². The summed E-state index contributed by atoms with van der Waals surface area (Å²) in [6.07, 6.45) is 2.14. The van der Waals surface area contributed by atoms with E-state index in [9.17, 15) is 0 Å². The van der Waals surface area contributed by atoms with Crippen LogP contribution in [0.1, 0.15) is 29.7 Å². The summed E-state index contributed by atoms with van der Waals surface area (Å²) in [4.78, 5) is 0. The molecule has 1 nitrogen and oxygen atoms in total. The predicted octanol–water partition coefficient (Wildman–Crippen LogP) is 4.92. The Hall–Kier alpha value is -0.830. The van der Waals surface area contributed by atoms with Crippen LogP contribution < -0.4 is 5.32 Å². The van der Waals surface area contributed by atoms with Gasteiger partial charge in [0.15, 0.2) is 0 Å². The average molecular weight is 351 g/mol. The molecule has 0 saturated heterocycles. The summed E-state index contributed by atoms with van der Waals surface area (Å²) >= 11 is 9.69. The summed E-state index contributed by atoms with van der Waals surface area (Å²) in [6.45, 7) is 2.22. The van der Waals surface area contributed by atoms with E-state index in [-0.39, 0.29) is 0 Å². The molecule has 0 amide bonds. The lowest BCUT2D eigenvalue weighted by Gasteiger charge is -2.20. The van der Waals surface area contributed by atoms with E-state index in [2.05, 4.69) is 58.5 Å². The van der Waals surface area contributed by atoms with Gasteiger partial charge in [-0.3, -0.25) is 0 Å². The first-order valence-electron chi connectivity index (χ1n) is 6.91. The van der Waals surface area contributed by atoms with Gasteiger partial charge in [0.2, 0.25) is 0 Å². The van der Waals surface area contributed by atoms with Crippen molar-refractivity contribution in [3.63, 3.8) is 0 Å². The molecule has 0 radical (unpaired) electrons. The van der Waals surface area contributed by atoms with Gasteiger partial charge < -0.3 is 5.32 Å². The van der Waals surface area contributed by atoms with Crippen LogP contribution in [-0.2, 0) is 12.8 Å². The molecular weight excluding hydrogens is 334 g/mol. The Balaban J connectivity index is 1.70. The monoisotopic (exact) mass is 349 g/mol. The van der Waals surface area contributed by atoms with Gasteiger partial charge in [-0.15, -0.1) is 0 Å². The second kappa shape index (κ2) is 5.88. The fraction of sp³-hybridized carbons (Fsp3) is 0.294. The Labute approximate surface area is 133 Å². The highest BCUT2D eigenvalue weighted by Gasteiger charge is 2.23. The number of halogens is 2. The molecule has 0 aromatic heterocycles. The highest BCUT2D eigenvalue weighted by atomic mass is 79.9. The number of benzene rings is 2. The SMILES string of the molecule is CC(NC1Cc2ccc(Cl)cc2C1)c1ccccc1Br. The third-order valence-electron chi connectivity index (χ3n) is 3.96. The minimum Gasteiger partial charge on any atom is -0.307 e. The maximum absolute atomic E-state index is 6.07. The quantitative estimate of drug-likeness (QED) is 0.828. The third-order valence-corrected chi connectivity index (χ3v) is 4.92. The number of fused-ring (bicyclic) bond motifs is 1. The van der Waals surface area contributed by atoms with E-state index >= 15 is 0 Å². The lowest BCUT2D eigenvalue weighted by Crippen LogP contribution is -2.32. The minimum atomic E-state index is 0.334. The third kappa shape index (κ3) is 2.93. The molecule has 2 atom stereocenters. The summed E-state index contributed by atoms with van der Waals surface area (Å²) in [6, 6.07) is 15.5. The molecule has 20 heavy (non-hydrogen) atoms. The van der Waals surface area contributed by atoms with Gasteiger partial charge in [0.05, 0.1) is 0 Å². The Bertz CT molecular complexity index is 626. The van der Waals surface area contributed by atoms with Crippen LogP contribution in [0.15, 0.2) is 46.9 Å². The van der Waals surface area contributed by atoms with Crippen LogP contribution in [0.5, 0.6) is 0 Å². The molecule has 1 N–H and O–H groups in total. The number of rotatable bonds is 3. The first-order valence-corrected chi connectivity index (χ1v) is 8.08. The van der Waals surface area contributed by atoms with Crippen molar-refractivity contribution in [1.82, 2.24) is 5.32 Å². The molecule has 3 rings (SSSR count). The van der Waals surface area contributed by atoms with Crippen LogP contribution >= 0.6 is 27.5 Å². The van der Waals surface area contributed by atoms with Gasteiger partial charge >= 0.3 is 0 Å². The van der Waals surface area contributed by atoms with E-state index in [0.29, 0.717) is 12.1 Å². The molecule has 0 aliphatic heterocycles. The molecule has 2 aromatic carbocycles. The Morgan fingerprint density at radius 2 is 1.90 bits per heavy atom. The lowest BCUT2D eigenvalue weighted by atomic mass is 10.1. The van der Waals surface area contributed by atoms with Crippen molar-refractivity contribution < 1.29 is 0 Å². The van der Waals surface area contributed by atoms with Gasteiger partial charge in [0, 0.05) is 21.6 Å². The second-order valence-electron chi connectivity index (χ2n) is 5.43. The Morgan fingerprint density at radius 3 is 2.70 bits per heavy atom. The molecule has 0 spiro atoms. The van der Waals surface area contributed by atoms with Crippen LogP contribution in [0, 0.1) is 0 Å². The lowest BCUT2D eigenvalue weighted by molar-refractivity contribution is 0.466. The van der Waals surface area contributed by atoms with Gasteiger partial charge in [-0.05, 0) is 54.7 Å². The summed E-state index contributed by atoms with van der Waals surface area (Å²) < 4.78 is 1.17.